The third-order valence-corrected chi connectivity index (χ3v) is 8.73. The number of halogens is 3. The summed E-state index contributed by atoms with van der Waals surface area (Å²) in [6, 6.07) is 17.6. The van der Waals surface area contributed by atoms with Gasteiger partial charge in [-0.25, -0.2) is 9.79 Å². The maximum Gasteiger partial charge on any atom is 0.338 e. The van der Waals surface area contributed by atoms with E-state index in [1.165, 1.54) is 11.3 Å². The van der Waals surface area contributed by atoms with Crippen LogP contribution in [-0.2, 0) is 16.1 Å². The summed E-state index contributed by atoms with van der Waals surface area (Å²) in [6.45, 7) is 3.92. The second-order valence-corrected chi connectivity index (χ2v) is 12.0. The van der Waals surface area contributed by atoms with E-state index in [1.807, 2.05) is 36.4 Å². The van der Waals surface area contributed by atoms with Crippen molar-refractivity contribution in [1.82, 2.24) is 4.57 Å². The van der Waals surface area contributed by atoms with E-state index >= 15 is 0 Å². The maximum absolute atomic E-state index is 13.9. The number of carbonyl (C=O) groups excluding carboxylic acids is 1. The van der Waals surface area contributed by atoms with Crippen LogP contribution in [-0.4, -0.2) is 24.3 Å². The van der Waals surface area contributed by atoms with Gasteiger partial charge in [-0.05, 0) is 71.2 Å². The summed E-state index contributed by atoms with van der Waals surface area (Å²) in [5.74, 6) is 0.461. The summed E-state index contributed by atoms with van der Waals surface area (Å²) < 4.78 is 19.7. The van der Waals surface area contributed by atoms with Gasteiger partial charge in [-0.2, -0.15) is 0 Å². The standard InChI is InChI=1S/C31H25BrCl2N2O5S/c1-4-40-30(38)26-17(2)35-31-36(27(26)19-8-6-5-7-9-19)29(37)25(42-31)14-18-12-22(32)28(24(13-18)39-3)41-16-20-10-11-21(33)15-23(20)34/h5-15,27H,4,16H2,1-3H3. The van der Waals surface area contributed by atoms with Gasteiger partial charge < -0.3 is 14.2 Å². The largest absolute Gasteiger partial charge is 0.493 e. The number of fused-ring (bicyclic) bond motifs is 1. The molecular weight excluding hydrogens is 663 g/mol. The van der Waals surface area contributed by atoms with Crippen LogP contribution in [0.4, 0.5) is 0 Å². The number of hydrogen-bond acceptors (Lipinski definition) is 7. The fourth-order valence-electron chi connectivity index (χ4n) is 4.65. The van der Waals surface area contributed by atoms with Gasteiger partial charge in [-0.3, -0.25) is 9.36 Å². The summed E-state index contributed by atoms with van der Waals surface area (Å²) >= 11 is 17.1. The molecule has 3 aromatic carbocycles. The molecule has 0 bridgehead atoms. The zero-order chi connectivity index (χ0) is 30.0. The third kappa shape index (κ3) is 6.06. The molecular formula is C31H25BrCl2N2O5S. The Kier molecular flexibility index (Phi) is 9.22. The van der Waals surface area contributed by atoms with Gasteiger partial charge in [0.2, 0.25) is 0 Å². The van der Waals surface area contributed by atoms with Crippen molar-refractivity contribution in [3.8, 4) is 11.5 Å². The van der Waals surface area contributed by atoms with E-state index in [1.54, 1.807) is 55.9 Å². The smallest absolute Gasteiger partial charge is 0.338 e. The van der Waals surface area contributed by atoms with E-state index < -0.39 is 12.0 Å². The van der Waals surface area contributed by atoms with Crippen molar-refractivity contribution in [2.75, 3.05) is 13.7 Å². The number of esters is 1. The summed E-state index contributed by atoms with van der Waals surface area (Å²) in [7, 11) is 1.54. The highest BCUT2D eigenvalue weighted by atomic mass is 79.9. The predicted molar refractivity (Wildman–Crippen MR) is 168 cm³/mol. The van der Waals surface area contributed by atoms with Crippen LogP contribution in [0.2, 0.25) is 10.0 Å². The quantitative estimate of drug-likeness (QED) is 0.199. The first-order valence-corrected chi connectivity index (χ1v) is 15.3. The number of allylic oxidation sites excluding steroid dienone is 1. The van der Waals surface area contributed by atoms with E-state index in [2.05, 4.69) is 20.9 Å². The highest BCUT2D eigenvalue weighted by Gasteiger charge is 2.33. The molecule has 1 aliphatic rings. The number of nitrogens with zero attached hydrogens (tertiary/aromatic N) is 2. The lowest BCUT2D eigenvalue weighted by Gasteiger charge is -2.24. The zero-order valence-corrected chi connectivity index (χ0v) is 26.7. The van der Waals surface area contributed by atoms with Crippen LogP contribution in [0.25, 0.3) is 6.08 Å². The molecule has 0 saturated carbocycles. The molecule has 0 radical (unpaired) electrons. The number of carbonyl (C=O) groups is 1. The monoisotopic (exact) mass is 686 g/mol. The molecule has 1 atom stereocenters. The molecule has 1 aliphatic heterocycles. The van der Waals surface area contributed by atoms with Crippen LogP contribution in [0.5, 0.6) is 11.5 Å². The van der Waals surface area contributed by atoms with Crippen LogP contribution < -0.4 is 24.4 Å². The Morgan fingerprint density at radius 3 is 2.60 bits per heavy atom. The molecule has 11 heteroatoms. The Morgan fingerprint density at radius 2 is 1.90 bits per heavy atom. The van der Waals surface area contributed by atoms with Crippen LogP contribution in [0, 0.1) is 0 Å². The first kappa shape index (κ1) is 30.1. The van der Waals surface area contributed by atoms with Gasteiger partial charge in [0.1, 0.15) is 6.61 Å². The first-order valence-electron chi connectivity index (χ1n) is 12.9. The summed E-state index contributed by atoms with van der Waals surface area (Å²) in [4.78, 5) is 32.0. The maximum atomic E-state index is 13.9. The molecule has 0 amide bonds. The lowest BCUT2D eigenvalue weighted by Crippen LogP contribution is -2.39. The van der Waals surface area contributed by atoms with Crippen molar-refractivity contribution in [1.29, 1.82) is 0 Å². The van der Waals surface area contributed by atoms with Gasteiger partial charge in [-0.15, -0.1) is 0 Å². The number of aromatic nitrogens is 1. The minimum absolute atomic E-state index is 0.199. The average molecular weight is 688 g/mol. The van der Waals surface area contributed by atoms with E-state index in [0.717, 1.165) is 11.1 Å². The topological polar surface area (TPSA) is 79.1 Å². The number of hydrogen-bond donors (Lipinski definition) is 0. The highest BCUT2D eigenvalue weighted by Crippen LogP contribution is 2.38. The molecule has 0 spiro atoms. The molecule has 0 saturated heterocycles. The Hall–Kier alpha value is -3.37. The molecule has 2 heterocycles. The molecule has 42 heavy (non-hydrogen) atoms. The Morgan fingerprint density at radius 1 is 1.14 bits per heavy atom. The van der Waals surface area contributed by atoms with Crippen molar-refractivity contribution >= 4 is 62.5 Å². The van der Waals surface area contributed by atoms with Crippen LogP contribution in [0.3, 0.4) is 0 Å². The van der Waals surface area contributed by atoms with Crippen molar-refractivity contribution in [2.45, 2.75) is 26.5 Å². The van der Waals surface area contributed by atoms with Crippen molar-refractivity contribution < 1.29 is 19.0 Å². The van der Waals surface area contributed by atoms with E-state index in [9.17, 15) is 9.59 Å². The van der Waals surface area contributed by atoms with E-state index in [-0.39, 0.29) is 18.8 Å². The zero-order valence-electron chi connectivity index (χ0n) is 22.8. The first-order chi connectivity index (χ1) is 20.2. The van der Waals surface area contributed by atoms with Crippen LogP contribution >= 0.6 is 50.5 Å². The van der Waals surface area contributed by atoms with Gasteiger partial charge in [-0.1, -0.05) is 70.9 Å². The highest BCUT2D eigenvalue weighted by molar-refractivity contribution is 9.10. The molecule has 1 aromatic heterocycles. The second-order valence-electron chi connectivity index (χ2n) is 9.27. The van der Waals surface area contributed by atoms with E-state index in [0.29, 0.717) is 52.2 Å². The van der Waals surface area contributed by atoms with Gasteiger partial charge in [0, 0.05) is 15.6 Å². The lowest BCUT2D eigenvalue weighted by molar-refractivity contribution is -0.139. The molecule has 0 fully saturated rings. The number of rotatable bonds is 8. The summed E-state index contributed by atoms with van der Waals surface area (Å²) in [5.41, 5.74) is 2.85. The molecule has 4 aromatic rings. The minimum atomic E-state index is -0.666. The van der Waals surface area contributed by atoms with Gasteiger partial charge in [0.25, 0.3) is 5.56 Å². The molecule has 0 aliphatic carbocycles. The molecule has 216 valence electrons. The number of benzene rings is 3. The molecule has 1 unspecified atom stereocenters. The second kappa shape index (κ2) is 12.9. The Balaban J connectivity index is 1.56. The Bertz CT molecular complexity index is 1890. The van der Waals surface area contributed by atoms with Crippen molar-refractivity contribution in [3.05, 3.63) is 123 Å². The van der Waals surface area contributed by atoms with E-state index in [4.69, 9.17) is 37.4 Å². The van der Waals surface area contributed by atoms with Crippen LogP contribution in [0.15, 0.2) is 86.2 Å². The molecule has 7 nitrogen and oxygen atoms in total. The summed E-state index contributed by atoms with van der Waals surface area (Å²) in [6.07, 6.45) is 1.77. The molecule has 5 rings (SSSR count). The van der Waals surface area contributed by atoms with Crippen molar-refractivity contribution in [2.24, 2.45) is 4.99 Å². The fourth-order valence-corrected chi connectivity index (χ4v) is 6.73. The van der Waals surface area contributed by atoms with Crippen molar-refractivity contribution in [3.63, 3.8) is 0 Å². The molecule has 0 N–H and O–H groups in total. The number of methoxy groups -OCH3 is 1. The SMILES string of the molecule is CCOC(=O)C1=C(C)N=c2sc(=Cc3cc(Br)c(OCc4ccc(Cl)cc4Cl)c(OC)c3)c(=O)n2C1c1ccccc1. The minimum Gasteiger partial charge on any atom is -0.493 e. The predicted octanol–water partition coefficient (Wildman–Crippen LogP) is 6.46. The lowest BCUT2D eigenvalue weighted by atomic mass is 9.96. The average Bonchev–Trinajstić information content (AvgIpc) is 3.26. The normalized spacial score (nSPS) is 14.8. The fraction of sp³-hybridized carbons (Fsp3) is 0.194. The third-order valence-electron chi connectivity index (χ3n) is 6.57. The van der Waals surface area contributed by atoms with Crippen LogP contribution in [0.1, 0.15) is 36.6 Å². The number of thiazole rings is 1. The van der Waals surface area contributed by atoms with Gasteiger partial charge in [0.15, 0.2) is 16.3 Å². The number of ether oxygens (including phenoxy) is 3. The summed E-state index contributed by atoms with van der Waals surface area (Å²) in [5, 5.41) is 1.04. The van der Waals surface area contributed by atoms with Gasteiger partial charge in [0.05, 0.1) is 40.0 Å². The Labute approximate surface area is 264 Å². The van der Waals surface area contributed by atoms with Gasteiger partial charge >= 0.3 is 5.97 Å².